The summed E-state index contributed by atoms with van der Waals surface area (Å²) < 4.78 is 38.6. The summed E-state index contributed by atoms with van der Waals surface area (Å²) in [7, 11) is 0. The summed E-state index contributed by atoms with van der Waals surface area (Å²) >= 11 is 1.79. The Morgan fingerprint density at radius 1 is 1.16 bits per heavy atom. The molecule has 1 aliphatic heterocycles. The maximum Gasteiger partial charge on any atom is 0.449 e. The van der Waals surface area contributed by atoms with E-state index >= 15 is 0 Å². The highest BCUT2D eigenvalue weighted by atomic mass is 32.2. The van der Waals surface area contributed by atoms with Gasteiger partial charge in [-0.05, 0) is 29.5 Å². The lowest BCUT2D eigenvalue weighted by Gasteiger charge is -2.27. The van der Waals surface area contributed by atoms with E-state index in [-0.39, 0.29) is 12.2 Å². The van der Waals surface area contributed by atoms with Crippen molar-refractivity contribution < 1.29 is 13.2 Å². The molecule has 0 fully saturated rings. The molecule has 0 saturated carbocycles. The first-order valence-electron chi connectivity index (χ1n) is 9.93. The number of aromatic nitrogens is 3. The van der Waals surface area contributed by atoms with Crippen LogP contribution in [0.25, 0.3) is 11.3 Å². The molecule has 2 aromatic heterocycles. The third-order valence-electron chi connectivity index (χ3n) is 5.11. The van der Waals surface area contributed by atoms with Crippen molar-refractivity contribution in [2.45, 2.75) is 37.5 Å². The van der Waals surface area contributed by atoms with Gasteiger partial charge in [0.05, 0.1) is 17.0 Å². The van der Waals surface area contributed by atoms with Crippen LogP contribution in [-0.2, 0) is 25.7 Å². The highest BCUT2D eigenvalue weighted by Crippen LogP contribution is 2.27. The van der Waals surface area contributed by atoms with Crippen molar-refractivity contribution in [3.05, 3.63) is 75.6 Å². The molecule has 0 atom stereocenters. The Morgan fingerprint density at radius 3 is 2.58 bits per heavy atom. The van der Waals surface area contributed by atoms with E-state index in [1.165, 1.54) is 4.90 Å². The van der Waals surface area contributed by atoms with Crippen molar-refractivity contribution in [2.24, 2.45) is 0 Å². The number of benzene rings is 1. The quantitative estimate of drug-likeness (QED) is 0.584. The molecule has 5 nitrogen and oxygen atoms in total. The third-order valence-corrected chi connectivity index (χ3v) is 6.00. The lowest BCUT2D eigenvalue weighted by Crippen LogP contribution is -2.36. The summed E-state index contributed by atoms with van der Waals surface area (Å²) in [6.45, 7) is 3.46. The van der Waals surface area contributed by atoms with E-state index in [9.17, 15) is 18.0 Å². The van der Waals surface area contributed by atoms with E-state index in [1.807, 2.05) is 22.0 Å². The summed E-state index contributed by atoms with van der Waals surface area (Å²) in [5, 5.41) is 0. The normalized spacial score (nSPS) is 14.5. The van der Waals surface area contributed by atoms with Crippen LogP contribution >= 0.6 is 11.8 Å². The van der Waals surface area contributed by atoms with E-state index in [0.717, 1.165) is 22.6 Å². The zero-order chi connectivity index (χ0) is 22.0. The monoisotopic (exact) mass is 446 g/mol. The highest BCUT2D eigenvalue weighted by Gasteiger charge is 2.35. The molecule has 0 aliphatic carbocycles. The molecule has 0 unspecified atom stereocenters. The van der Waals surface area contributed by atoms with Gasteiger partial charge >= 0.3 is 6.18 Å². The number of alkyl halides is 3. The number of rotatable bonds is 5. The van der Waals surface area contributed by atoms with Gasteiger partial charge in [-0.15, -0.1) is 11.8 Å². The van der Waals surface area contributed by atoms with Gasteiger partial charge in [0.25, 0.3) is 5.56 Å². The van der Waals surface area contributed by atoms with Crippen molar-refractivity contribution in [3.8, 4) is 11.3 Å². The van der Waals surface area contributed by atoms with E-state index < -0.39 is 17.6 Å². The molecule has 1 aliphatic rings. The highest BCUT2D eigenvalue weighted by molar-refractivity contribution is 7.99. The molecule has 31 heavy (non-hydrogen) atoms. The maximum absolute atomic E-state index is 12.9. The van der Waals surface area contributed by atoms with Crippen molar-refractivity contribution >= 4 is 11.8 Å². The molecule has 3 heterocycles. The SMILES string of the molecule is CCSc1ccc(-c2ccc(CN3CCc4nc(C(F)(F)F)[nH]c(=O)c4C3)cn2)cc1. The Labute approximate surface area is 181 Å². The average Bonchev–Trinajstić information content (AvgIpc) is 2.75. The number of nitrogens with one attached hydrogen (secondary N) is 1. The van der Waals surface area contributed by atoms with Crippen molar-refractivity contribution in [1.29, 1.82) is 0 Å². The van der Waals surface area contributed by atoms with Crippen LogP contribution in [0.4, 0.5) is 13.2 Å². The summed E-state index contributed by atoms with van der Waals surface area (Å²) in [6, 6.07) is 12.2. The van der Waals surface area contributed by atoms with Crippen LogP contribution in [0.15, 0.2) is 52.3 Å². The van der Waals surface area contributed by atoms with Gasteiger partial charge in [0.2, 0.25) is 5.82 Å². The maximum atomic E-state index is 12.9. The Bertz CT molecular complexity index is 1110. The van der Waals surface area contributed by atoms with Crippen LogP contribution in [0.1, 0.15) is 29.6 Å². The second kappa shape index (κ2) is 8.84. The average molecular weight is 446 g/mol. The first-order valence-corrected chi connectivity index (χ1v) is 10.9. The molecule has 1 aromatic carbocycles. The van der Waals surface area contributed by atoms with Gasteiger partial charge in [-0.2, -0.15) is 13.2 Å². The molecule has 0 radical (unpaired) electrons. The second-order valence-electron chi connectivity index (χ2n) is 7.31. The molecular weight excluding hydrogens is 425 g/mol. The standard InChI is InChI=1S/C22H21F3N4OS/c1-2-31-16-6-4-15(5-7-16)18-8-3-14(11-26-18)12-29-10-9-19-17(13-29)20(30)28-21(27-19)22(23,24)25/h3-8,11H,2,9-10,12-13H2,1H3,(H,27,28,30). The molecular formula is C22H21F3N4OS. The van der Waals surface area contributed by atoms with E-state index in [4.69, 9.17) is 0 Å². The van der Waals surface area contributed by atoms with E-state index in [0.29, 0.717) is 25.1 Å². The molecule has 0 saturated heterocycles. The summed E-state index contributed by atoms with van der Waals surface area (Å²) in [5.74, 6) is -0.204. The number of fused-ring (bicyclic) bond motifs is 1. The van der Waals surface area contributed by atoms with Crippen LogP contribution in [-0.4, -0.2) is 32.1 Å². The predicted molar refractivity (Wildman–Crippen MR) is 114 cm³/mol. The second-order valence-corrected chi connectivity index (χ2v) is 8.64. The largest absolute Gasteiger partial charge is 0.449 e. The topological polar surface area (TPSA) is 61.9 Å². The summed E-state index contributed by atoms with van der Waals surface area (Å²) in [6.07, 6.45) is -2.56. The fraction of sp³-hybridized carbons (Fsp3) is 0.318. The zero-order valence-corrected chi connectivity index (χ0v) is 17.7. The van der Waals surface area contributed by atoms with Crippen LogP contribution in [0, 0.1) is 0 Å². The molecule has 162 valence electrons. The molecule has 4 rings (SSSR count). The molecule has 1 N–H and O–H groups in total. The number of pyridine rings is 1. The van der Waals surface area contributed by atoms with Crippen LogP contribution in [0.2, 0.25) is 0 Å². The fourth-order valence-electron chi connectivity index (χ4n) is 3.59. The number of thioether (sulfide) groups is 1. The summed E-state index contributed by atoms with van der Waals surface area (Å²) in [5.41, 5.74) is 2.69. The Morgan fingerprint density at radius 2 is 1.94 bits per heavy atom. The van der Waals surface area contributed by atoms with Crippen molar-refractivity contribution in [1.82, 2.24) is 19.9 Å². The Kier molecular flexibility index (Phi) is 6.15. The number of halogens is 3. The third kappa shape index (κ3) is 4.99. The van der Waals surface area contributed by atoms with Gasteiger partial charge in [-0.25, -0.2) is 4.98 Å². The van der Waals surface area contributed by atoms with Gasteiger partial charge in [-0.3, -0.25) is 14.7 Å². The smallest absolute Gasteiger partial charge is 0.303 e. The molecule has 3 aromatic rings. The van der Waals surface area contributed by atoms with Gasteiger partial charge in [0.1, 0.15) is 0 Å². The number of hydrogen-bond donors (Lipinski definition) is 1. The Balaban J connectivity index is 1.44. The fourth-order valence-corrected chi connectivity index (χ4v) is 4.25. The molecule has 0 amide bonds. The summed E-state index contributed by atoms with van der Waals surface area (Å²) in [4.78, 5) is 25.4. The predicted octanol–water partition coefficient (Wildman–Crippen LogP) is 4.52. The Hall–Kier alpha value is -2.65. The lowest BCUT2D eigenvalue weighted by molar-refractivity contribution is -0.145. The zero-order valence-electron chi connectivity index (χ0n) is 16.9. The van der Waals surface area contributed by atoms with E-state index in [1.54, 1.807) is 18.0 Å². The van der Waals surface area contributed by atoms with Gasteiger partial charge in [-0.1, -0.05) is 25.1 Å². The molecule has 0 bridgehead atoms. The number of hydrogen-bond acceptors (Lipinski definition) is 5. The van der Waals surface area contributed by atoms with Crippen LogP contribution in [0.5, 0.6) is 0 Å². The van der Waals surface area contributed by atoms with Crippen LogP contribution in [0.3, 0.4) is 0 Å². The lowest BCUT2D eigenvalue weighted by atomic mass is 10.1. The number of H-pyrrole nitrogens is 1. The van der Waals surface area contributed by atoms with E-state index in [2.05, 4.69) is 41.2 Å². The minimum atomic E-state index is -4.66. The minimum Gasteiger partial charge on any atom is -0.303 e. The molecule has 0 spiro atoms. The number of nitrogens with zero attached hydrogens (tertiary/aromatic N) is 3. The minimum absolute atomic E-state index is 0.227. The first-order chi connectivity index (χ1) is 14.8. The number of aromatic amines is 1. The van der Waals surface area contributed by atoms with Crippen LogP contribution < -0.4 is 5.56 Å². The van der Waals surface area contributed by atoms with Gasteiger partial charge in [0, 0.05) is 42.7 Å². The first kappa shape index (κ1) is 21.6. The molecule has 9 heteroatoms. The van der Waals surface area contributed by atoms with Crippen molar-refractivity contribution in [2.75, 3.05) is 12.3 Å². The van der Waals surface area contributed by atoms with Crippen molar-refractivity contribution in [3.63, 3.8) is 0 Å². The van der Waals surface area contributed by atoms with Gasteiger partial charge < -0.3 is 4.98 Å². The van der Waals surface area contributed by atoms with Gasteiger partial charge in [0.15, 0.2) is 0 Å².